The zero-order chi connectivity index (χ0) is 88.9. The molecule has 4 aliphatic carbocycles. The van der Waals surface area contributed by atoms with Crippen LogP contribution < -0.4 is 42.5 Å². The van der Waals surface area contributed by atoms with Crippen LogP contribution in [0.1, 0.15) is 183 Å². The number of hydrogen-bond acceptors (Lipinski definition) is 44. The predicted molar refractivity (Wildman–Crippen MR) is 406 cm³/mol. The molecule has 8 bridgehead atoms. The molecule has 0 amide bonds. The summed E-state index contributed by atoms with van der Waals surface area (Å²) in [5, 5.41) is 200. The van der Waals surface area contributed by atoms with E-state index in [2.05, 4.69) is 115 Å². The minimum atomic E-state index is -1.75. The number of nitriles is 5. The Kier molecular flexibility index (Phi) is 92.9. The Balaban J connectivity index is -0.000000181. The maximum Gasteiger partial charge on any atom is 3.00 e. The molecule has 4 saturated carbocycles. The van der Waals surface area contributed by atoms with Gasteiger partial charge in [0.1, 0.15) is 0 Å². The number of nitrogens with zero attached hydrogens (tertiary/aromatic N) is 18. The second kappa shape index (κ2) is 86.7. The van der Waals surface area contributed by atoms with Crippen molar-refractivity contribution in [3.63, 3.8) is 0 Å². The van der Waals surface area contributed by atoms with Gasteiger partial charge in [-0.3, -0.25) is 19.9 Å². The third-order valence-corrected chi connectivity index (χ3v) is 14.9. The quantitative estimate of drug-likeness (QED) is 0.0659. The molecule has 53 nitrogen and oxygen atoms in total. The molecule has 3 radical (unpaired) electrons. The van der Waals surface area contributed by atoms with E-state index in [9.17, 15) is 0 Å². The van der Waals surface area contributed by atoms with Gasteiger partial charge in [0.25, 0.3) is 0 Å². The maximum atomic E-state index is 8.25. The average Bonchev–Trinajstić information content (AvgIpc) is 0.856. The van der Waals surface area contributed by atoms with Crippen molar-refractivity contribution in [3.05, 3.63) is 256 Å². The number of nitrogens with one attached hydrogen (secondary N) is 8. The molecule has 4 aromatic heterocycles. The van der Waals surface area contributed by atoms with Crippen LogP contribution in [0.25, 0.3) is 0 Å². The van der Waals surface area contributed by atoms with Gasteiger partial charge in [-0.1, -0.05) is 75.6 Å². The third kappa shape index (κ3) is 90.3. The second-order valence-electron chi connectivity index (χ2n) is 22.6. The van der Waals surface area contributed by atoms with E-state index in [1.807, 2.05) is 0 Å². The molecule has 4 fully saturated rings. The smallest absolute Gasteiger partial charge is 0.356 e. The number of rotatable bonds is 0. The predicted octanol–water partition coefficient (Wildman–Crippen LogP) is 6.84. The maximum absolute atomic E-state index is 8.25. The van der Waals surface area contributed by atoms with Gasteiger partial charge in [0.2, 0.25) is 0 Å². The van der Waals surface area contributed by atoms with Gasteiger partial charge in [-0.15, -0.1) is 0 Å². The third-order valence-electron chi connectivity index (χ3n) is 14.9. The van der Waals surface area contributed by atoms with Gasteiger partial charge >= 0.3 is 115 Å². The van der Waals surface area contributed by atoms with E-state index < -0.39 is 45.8 Å². The number of fused-ring (bicyclic) bond motifs is 12. The minimum absolute atomic E-state index is 0. The van der Waals surface area contributed by atoms with Crippen molar-refractivity contribution in [2.24, 2.45) is 0 Å². The topological polar surface area (TPSA) is 863 Å². The Bertz CT molecular complexity index is 2910. The number of hydrogen-bond donors (Lipinski definition) is 8. The van der Waals surface area contributed by atoms with Crippen LogP contribution in [0.15, 0.2) is 72.8 Å². The molecule has 6 heterocycles. The van der Waals surface area contributed by atoms with Gasteiger partial charge < -0.3 is 180 Å². The first kappa shape index (κ1) is 127. The van der Waals surface area contributed by atoms with Crippen molar-refractivity contribution < 1.29 is 160 Å². The molecule has 118 heavy (non-hydrogen) atoms. The Morgan fingerprint density at radius 1 is 0.237 bits per heavy atom. The Morgan fingerprint density at radius 3 is 0.390 bits per heavy atom. The molecule has 8 N–H and O–H groups in total. The van der Waals surface area contributed by atoms with E-state index in [0.29, 0.717) is 48.3 Å². The molecule has 4 aromatic rings. The fourth-order valence-electron chi connectivity index (χ4n) is 11.3. The first-order chi connectivity index (χ1) is 54.3. The van der Waals surface area contributed by atoms with Crippen LogP contribution >= 0.6 is 0 Å². The SMILES string of the molecule is CC#N.CC#N.CC#N.CC#N.CC#N.O=[N+]([O-])[O-].O=[N+]([O-])[O-].O=[N+]([O-])[O-].O=[N+]([O-])[O-].O=[N+]([O-])[O-].O=[N+]([O-])[O-].O=[N+]([O-])[O-].O=[N+]([O-])[O-].O=[N+]([O-])[O-].[Dy+3].[Dy+3].[Dy+3].c1cc2nc(c1)CN[C@@H]1CCCC[C@H]1NCc1cccc(n1)CN[C@@H]1CCCC[C@H]1NC2.c1cc2nc(c1)CN[C@@H]1CCCC[C@H]1NCc1cccc(n1)CN[C@@H]1CCCC[C@H]1NC2. The summed E-state index contributed by atoms with van der Waals surface area (Å²) in [4.78, 5) is 94.1. The molecule has 8 atom stereocenters. The van der Waals surface area contributed by atoms with E-state index >= 15 is 0 Å². The molecule has 0 saturated heterocycles. The molecule has 661 valence electrons. The molecule has 56 heteroatoms. The van der Waals surface area contributed by atoms with Crippen molar-refractivity contribution in [1.29, 1.82) is 26.3 Å². The van der Waals surface area contributed by atoms with Crippen LogP contribution in [-0.4, -0.2) is 114 Å². The number of pyridine rings is 4. The van der Waals surface area contributed by atoms with Crippen LogP contribution in [0.4, 0.5) is 0 Å². The van der Waals surface area contributed by atoms with Crippen LogP contribution in [0.5, 0.6) is 0 Å². The number of aromatic nitrogens is 4. The molecule has 2 aliphatic heterocycles. The van der Waals surface area contributed by atoms with E-state index in [1.165, 1.54) is 137 Å². The normalized spacial score (nSPS) is 18.3. The van der Waals surface area contributed by atoms with Crippen LogP contribution in [0, 0.1) is 309 Å². The minimum Gasteiger partial charge on any atom is -0.356 e. The van der Waals surface area contributed by atoms with Crippen LogP contribution in [0.2, 0.25) is 0 Å². The summed E-state index contributed by atoms with van der Waals surface area (Å²) >= 11 is 0. The molecule has 0 unspecified atom stereocenters. The summed E-state index contributed by atoms with van der Waals surface area (Å²) in [6.07, 6.45) is 20.2. The van der Waals surface area contributed by atoms with Crippen molar-refractivity contribution in [3.8, 4) is 30.3 Å². The van der Waals surface area contributed by atoms with Gasteiger partial charge in [-0.25, -0.2) is 0 Å². The van der Waals surface area contributed by atoms with Gasteiger partial charge in [-0.2, -0.15) is 26.3 Å². The summed E-state index contributed by atoms with van der Waals surface area (Å²) in [5.74, 6) is 0. The Labute approximate surface area is 766 Å². The summed E-state index contributed by atoms with van der Waals surface area (Å²) in [7, 11) is 0. The zero-order valence-electron chi connectivity index (χ0n) is 64.0. The monoisotopic (exact) mass is 2120 g/mol. The van der Waals surface area contributed by atoms with E-state index in [1.54, 1.807) is 30.3 Å². The van der Waals surface area contributed by atoms with Crippen molar-refractivity contribution in [2.45, 2.75) is 238 Å². The van der Waals surface area contributed by atoms with Gasteiger partial charge in [0.15, 0.2) is 0 Å². The van der Waals surface area contributed by atoms with Gasteiger partial charge in [0, 0.05) is 135 Å². The first-order valence-corrected chi connectivity index (χ1v) is 33.9. The average molecular weight is 2120 g/mol. The summed E-state index contributed by atoms with van der Waals surface area (Å²) in [6.45, 7) is 13.8. The van der Waals surface area contributed by atoms with Crippen molar-refractivity contribution in [2.75, 3.05) is 0 Å². The van der Waals surface area contributed by atoms with E-state index in [4.69, 9.17) is 184 Å². The zero-order valence-corrected chi connectivity index (χ0v) is 70.1. The molecule has 0 aromatic carbocycles. The first-order valence-electron chi connectivity index (χ1n) is 33.9. The van der Waals surface area contributed by atoms with E-state index in [0.717, 1.165) is 97.9 Å². The molecular weight excluding hydrogens is 2030 g/mol. The summed E-state index contributed by atoms with van der Waals surface area (Å²) in [6, 6.07) is 38.5. The fourth-order valence-corrected chi connectivity index (χ4v) is 11.3. The molecular formula is C62H91Dy3N26O27. The Hall–Kier alpha value is -9.65. The van der Waals surface area contributed by atoms with Crippen LogP contribution in [0.3, 0.4) is 0 Å². The molecule has 0 spiro atoms. The van der Waals surface area contributed by atoms with Gasteiger partial charge in [-0.05, 0) is 99.9 Å². The van der Waals surface area contributed by atoms with Crippen molar-refractivity contribution >= 4 is 0 Å². The molecule has 6 aliphatic rings. The largest absolute Gasteiger partial charge is 3.00 e. The van der Waals surface area contributed by atoms with Crippen LogP contribution in [-0.2, 0) is 52.4 Å². The standard InChI is InChI=1S/2C26H38N6.5C2H3N.3Dy.9NO3/c2*1-2-12-24-23(11-1)27-15-19-7-5-9-21(31-19)17-29-25-13-3-4-14-26(25)30-18-22-10-6-8-20(32-22)16-28-24;5*1-2-3;;;;9*2-1(3)4/h2*5-10,23-30H,1-4,11-18H2;5*1H3;;;;;;;;;;;;/q;;;;;;;3*+3;9*-1/t2*23-,24-,25-,26-;;;;;;;;;;;;;;;;;/m11................./s1. The fraction of sp³-hybridized carbons (Fsp3) is 0.597. The molecule has 10 rings (SSSR count). The summed E-state index contributed by atoms with van der Waals surface area (Å²) < 4.78 is 0. The van der Waals surface area contributed by atoms with E-state index in [-0.39, 0.29) is 115 Å². The Morgan fingerprint density at radius 2 is 0.314 bits per heavy atom. The van der Waals surface area contributed by atoms with Gasteiger partial charge in [0.05, 0.1) is 122 Å². The van der Waals surface area contributed by atoms with Crippen molar-refractivity contribution in [1.82, 2.24) is 62.5 Å². The summed E-state index contributed by atoms with van der Waals surface area (Å²) in [5.41, 5.74) is 9.13. The second-order valence-corrected chi connectivity index (χ2v) is 22.6.